The summed E-state index contributed by atoms with van der Waals surface area (Å²) >= 11 is 0. The van der Waals surface area contributed by atoms with Crippen LogP contribution in [0.4, 0.5) is 4.79 Å². The Morgan fingerprint density at radius 1 is 1.04 bits per heavy atom. The molecule has 1 saturated carbocycles. The van der Waals surface area contributed by atoms with Crippen molar-refractivity contribution < 1.29 is 22.7 Å². The maximum Gasteiger partial charge on any atom is 0.409 e. The van der Waals surface area contributed by atoms with Crippen LogP contribution < -0.4 is 0 Å². The van der Waals surface area contributed by atoms with Crippen LogP contribution in [-0.4, -0.2) is 68.3 Å². The third-order valence-corrected chi connectivity index (χ3v) is 6.45. The first kappa shape index (κ1) is 18.8. The third-order valence-electron chi connectivity index (χ3n) is 4.53. The number of rotatable bonds is 4. The standard InChI is InChI=1S/C16H26N2O5S/c1-2-23-16(20)18-11-9-17(10-12-18)15(19)8-13-24(21,22)14-6-4-3-5-7-14/h8,13-14H,2-7,9-12H2,1H3/b13-8-. The number of hydrogen-bond acceptors (Lipinski definition) is 5. The lowest BCUT2D eigenvalue weighted by atomic mass is 10.0. The van der Waals surface area contributed by atoms with Gasteiger partial charge in [0.05, 0.1) is 11.9 Å². The summed E-state index contributed by atoms with van der Waals surface area (Å²) < 4.78 is 29.4. The van der Waals surface area contributed by atoms with Crippen molar-refractivity contribution in [3.8, 4) is 0 Å². The summed E-state index contributed by atoms with van der Waals surface area (Å²) in [5, 5.41) is 0.721. The van der Waals surface area contributed by atoms with Gasteiger partial charge in [0, 0.05) is 37.7 Å². The maximum absolute atomic E-state index is 12.3. The van der Waals surface area contributed by atoms with Gasteiger partial charge in [0.15, 0.2) is 9.84 Å². The largest absolute Gasteiger partial charge is 0.450 e. The molecule has 1 aliphatic heterocycles. The fourth-order valence-electron chi connectivity index (χ4n) is 3.09. The van der Waals surface area contributed by atoms with Crippen molar-refractivity contribution in [1.29, 1.82) is 0 Å². The lowest BCUT2D eigenvalue weighted by Gasteiger charge is -2.33. The van der Waals surface area contributed by atoms with Crippen molar-refractivity contribution in [2.24, 2.45) is 0 Å². The Morgan fingerprint density at radius 3 is 2.21 bits per heavy atom. The molecule has 0 aromatic rings. The Bertz CT molecular complexity index is 573. The summed E-state index contributed by atoms with van der Waals surface area (Å²) in [5.74, 6) is -0.321. The molecule has 0 bridgehead atoms. The topological polar surface area (TPSA) is 84.0 Å². The predicted molar refractivity (Wildman–Crippen MR) is 90.1 cm³/mol. The maximum atomic E-state index is 12.3. The zero-order chi connectivity index (χ0) is 17.6. The second kappa shape index (κ2) is 8.50. The van der Waals surface area contributed by atoms with Gasteiger partial charge in [-0.1, -0.05) is 19.3 Å². The zero-order valence-electron chi connectivity index (χ0n) is 14.1. The number of carbonyl (C=O) groups is 2. The van der Waals surface area contributed by atoms with Gasteiger partial charge >= 0.3 is 6.09 Å². The minimum atomic E-state index is -3.36. The molecule has 0 spiro atoms. The van der Waals surface area contributed by atoms with Gasteiger partial charge in [-0.3, -0.25) is 4.79 Å². The Hall–Kier alpha value is -1.57. The van der Waals surface area contributed by atoms with Gasteiger partial charge in [0.2, 0.25) is 5.91 Å². The zero-order valence-corrected chi connectivity index (χ0v) is 15.0. The Kier molecular flexibility index (Phi) is 6.65. The molecule has 2 amide bonds. The van der Waals surface area contributed by atoms with E-state index in [9.17, 15) is 18.0 Å². The molecule has 136 valence electrons. The van der Waals surface area contributed by atoms with Crippen molar-refractivity contribution in [3.05, 3.63) is 11.5 Å². The van der Waals surface area contributed by atoms with E-state index < -0.39 is 9.84 Å². The van der Waals surface area contributed by atoms with Crippen LogP contribution in [0.5, 0.6) is 0 Å². The molecule has 7 nitrogen and oxygen atoms in total. The number of sulfone groups is 1. The Morgan fingerprint density at radius 2 is 1.62 bits per heavy atom. The minimum Gasteiger partial charge on any atom is -0.450 e. The first-order valence-corrected chi connectivity index (χ1v) is 10.2. The molecule has 1 saturated heterocycles. The normalized spacial score (nSPS) is 20.4. The lowest BCUT2D eigenvalue weighted by Crippen LogP contribution is -2.50. The average molecular weight is 358 g/mol. The quantitative estimate of drug-likeness (QED) is 0.712. The summed E-state index contributed by atoms with van der Waals surface area (Å²) in [5.41, 5.74) is 0. The van der Waals surface area contributed by atoms with E-state index in [-0.39, 0.29) is 17.3 Å². The molecule has 8 heteroatoms. The monoisotopic (exact) mass is 358 g/mol. The van der Waals surface area contributed by atoms with Crippen LogP contribution in [0.1, 0.15) is 39.0 Å². The van der Waals surface area contributed by atoms with Crippen LogP contribution in [0.3, 0.4) is 0 Å². The molecular weight excluding hydrogens is 332 g/mol. The molecule has 2 rings (SSSR count). The van der Waals surface area contributed by atoms with Gasteiger partial charge in [-0.25, -0.2) is 13.2 Å². The molecule has 1 aliphatic carbocycles. The van der Waals surface area contributed by atoms with Gasteiger partial charge in [0.25, 0.3) is 0 Å². The van der Waals surface area contributed by atoms with Crippen molar-refractivity contribution in [1.82, 2.24) is 9.80 Å². The minimum absolute atomic E-state index is 0.319. The second-order valence-electron chi connectivity index (χ2n) is 6.16. The second-order valence-corrected chi connectivity index (χ2v) is 8.28. The van der Waals surface area contributed by atoms with Crippen molar-refractivity contribution in [2.45, 2.75) is 44.3 Å². The van der Waals surface area contributed by atoms with Crippen molar-refractivity contribution in [3.63, 3.8) is 0 Å². The van der Waals surface area contributed by atoms with E-state index in [1.165, 1.54) is 0 Å². The van der Waals surface area contributed by atoms with E-state index >= 15 is 0 Å². The number of piperazine rings is 1. The molecule has 2 fully saturated rings. The summed E-state index contributed by atoms with van der Waals surface area (Å²) in [6, 6.07) is 0. The molecule has 0 N–H and O–H groups in total. The number of nitrogens with zero attached hydrogens (tertiary/aromatic N) is 2. The molecule has 0 atom stereocenters. The molecule has 24 heavy (non-hydrogen) atoms. The highest BCUT2D eigenvalue weighted by molar-refractivity contribution is 7.94. The van der Waals surface area contributed by atoms with Crippen LogP contribution in [0.15, 0.2) is 11.5 Å². The summed E-state index contributed by atoms with van der Waals surface area (Å²) in [6.07, 6.45) is 5.09. The van der Waals surface area contributed by atoms with Crippen molar-refractivity contribution >= 4 is 21.8 Å². The molecule has 0 aromatic heterocycles. The Labute approximate surface area is 143 Å². The van der Waals surface area contributed by atoms with Gasteiger partial charge in [0.1, 0.15) is 0 Å². The molecular formula is C16H26N2O5S. The lowest BCUT2D eigenvalue weighted by molar-refractivity contribution is -0.127. The van der Waals surface area contributed by atoms with Gasteiger partial charge in [-0.2, -0.15) is 0 Å². The first-order valence-electron chi connectivity index (χ1n) is 8.56. The SMILES string of the molecule is CCOC(=O)N1CCN(C(=O)/C=C\S(=O)(=O)C2CCCCC2)CC1. The van der Waals surface area contributed by atoms with E-state index in [2.05, 4.69) is 0 Å². The van der Waals surface area contributed by atoms with Crippen molar-refractivity contribution in [2.75, 3.05) is 32.8 Å². The molecule has 1 heterocycles. The van der Waals surface area contributed by atoms with E-state index in [1.54, 1.807) is 16.7 Å². The Balaban J connectivity index is 1.85. The van der Waals surface area contributed by atoms with Gasteiger partial charge in [-0.15, -0.1) is 0 Å². The highest BCUT2D eigenvalue weighted by Gasteiger charge is 2.27. The van der Waals surface area contributed by atoms with Crippen LogP contribution in [-0.2, 0) is 19.4 Å². The van der Waals surface area contributed by atoms with Crippen LogP contribution in [0, 0.1) is 0 Å². The van der Waals surface area contributed by atoms with E-state index in [4.69, 9.17) is 4.74 Å². The van der Waals surface area contributed by atoms with Crippen LogP contribution >= 0.6 is 0 Å². The molecule has 2 aliphatic rings. The number of hydrogen-bond donors (Lipinski definition) is 0. The van der Waals surface area contributed by atoms with E-state index in [0.29, 0.717) is 45.6 Å². The molecule has 0 unspecified atom stereocenters. The summed E-state index contributed by atoms with van der Waals surface area (Å²) in [7, 11) is -3.36. The molecule has 0 radical (unpaired) electrons. The van der Waals surface area contributed by atoms with Crippen LogP contribution in [0.25, 0.3) is 0 Å². The summed E-state index contributed by atoms with van der Waals surface area (Å²) in [6.45, 7) is 3.62. The average Bonchev–Trinajstić information content (AvgIpc) is 2.61. The summed E-state index contributed by atoms with van der Waals surface area (Å²) in [4.78, 5) is 26.9. The van der Waals surface area contributed by atoms with E-state index in [0.717, 1.165) is 30.7 Å². The smallest absolute Gasteiger partial charge is 0.409 e. The number of ether oxygens (including phenoxy) is 1. The number of carbonyl (C=O) groups excluding carboxylic acids is 2. The third kappa shape index (κ3) is 4.96. The fourth-order valence-corrected chi connectivity index (χ4v) is 4.61. The fraction of sp³-hybridized carbons (Fsp3) is 0.750. The van der Waals surface area contributed by atoms with Gasteiger partial charge < -0.3 is 14.5 Å². The first-order chi connectivity index (χ1) is 11.4. The predicted octanol–water partition coefficient (Wildman–Crippen LogP) is 1.55. The number of amides is 2. The highest BCUT2D eigenvalue weighted by Crippen LogP contribution is 2.24. The van der Waals surface area contributed by atoms with Crippen LogP contribution in [0.2, 0.25) is 0 Å². The van der Waals surface area contributed by atoms with E-state index in [1.807, 2.05) is 0 Å². The molecule has 0 aromatic carbocycles. The highest BCUT2D eigenvalue weighted by atomic mass is 32.2. The van der Waals surface area contributed by atoms with Gasteiger partial charge in [-0.05, 0) is 19.8 Å².